The number of thiazole rings is 1. The quantitative estimate of drug-likeness (QED) is 0.369. The van der Waals surface area contributed by atoms with E-state index in [0.717, 1.165) is 16.9 Å². The molecule has 6 nitrogen and oxygen atoms in total. The van der Waals surface area contributed by atoms with Crippen molar-refractivity contribution < 1.29 is 9.66 Å². The molecule has 0 aliphatic heterocycles. The van der Waals surface area contributed by atoms with E-state index in [1.54, 1.807) is 25.3 Å². The molecule has 0 N–H and O–H groups in total. The molecule has 0 bridgehead atoms. The molecule has 0 saturated heterocycles. The largest absolute Gasteiger partial charge is 0.497 e. The van der Waals surface area contributed by atoms with Gasteiger partial charge in [-0.05, 0) is 35.9 Å². The Hall–Kier alpha value is -3.50. The summed E-state index contributed by atoms with van der Waals surface area (Å²) in [5.74, 6) is 0.746. The normalized spacial score (nSPS) is 11.0. The molecule has 0 unspecified atom stereocenters. The summed E-state index contributed by atoms with van der Waals surface area (Å²) in [7, 11) is 1.60. The summed E-state index contributed by atoms with van der Waals surface area (Å²) in [5, 5.41) is 22.6. The van der Waals surface area contributed by atoms with E-state index < -0.39 is 4.92 Å². The number of nitro benzene ring substituents is 1. The molecular weight excluding hydrogens is 350 g/mol. The molecule has 0 saturated carbocycles. The first kappa shape index (κ1) is 17.3. The van der Waals surface area contributed by atoms with Crippen molar-refractivity contribution in [3.63, 3.8) is 0 Å². The number of aromatic nitrogens is 1. The molecule has 7 heteroatoms. The van der Waals surface area contributed by atoms with E-state index in [-0.39, 0.29) is 5.69 Å². The first-order valence-electron chi connectivity index (χ1n) is 7.57. The zero-order valence-electron chi connectivity index (χ0n) is 13.7. The summed E-state index contributed by atoms with van der Waals surface area (Å²) in [4.78, 5) is 14.8. The molecule has 0 aliphatic rings. The van der Waals surface area contributed by atoms with Crippen LogP contribution >= 0.6 is 11.3 Å². The third-order valence-corrected chi connectivity index (χ3v) is 4.53. The zero-order chi connectivity index (χ0) is 18.5. The average molecular weight is 363 g/mol. The van der Waals surface area contributed by atoms with Crippen molar-refractivity contribution in [2.45, 2.75) is 0 Å². The van der Waals surface area contributed by atoms with Crippen molar-refractivity contribution in [2.24, 2.45) is 0 Å². The second-order valence-corrected chi connectivity index (χ2v) is 6.14. The van der Waals surface area contributed by atoms with E-state index in [1.807, 2.05) is 29.6 Å². The maximum Gasteiger partial charge on any atom is 0.269 e. The molecular formula is C19H13N3O3S. The highest BCUT2D eigenvalue weighted by molar-refractivity contribution is 7.11. The predicted octanol–water partition coefficient (Wildman–Crippen LogP) is 4.79. The van der Waals surface area contributed by atoms with E-state index in [0.29, 0.717) is 16.3 Å². The van der Waals surface area contributed by atoms with Crippen LogP contribution in [0.5, 0.6) is 5.75 Å². The number of rotatable bonds is 5. The van der Waals surface area contributed by atoms with Crippen LogP contribution in [0, 0.1) is 21.4 Å². The fraction of sp³-hybridized carbons (Fsp3) is 0.0526. The molecule has 2 aromatic carbocycles. The van der Waals surface area contributed by atoms with E-state index in [2.05, 4.69) is 11.1 Å². The van der Waals surface area contributed by atoms with Gasteiger partial charge >= 0.3 is 0 Å². The summed E-state index contributed by atoms with van der Waals surface area (Å²) in [6, 6.07) is 15.7. The Morgan fingerprint density at radius 2 is 1.92 bits per heavy atom. The highest BCUT2D eigenvalue weighted by Crippen LogP contribution is 2.28. The second kappa shape index (κ2) is 7.59. The molecule has 0 radical (unpaired) electrons. The molecule has 0 spiro atoms. The van der Waals surface area contributed by atoms with E-state index >= 15 is 0 Å². The Labute approximate surface area is 153 Å². The highest BCUT2D eigenvalue weighted by Gasteiger charge is 2.11. The molecule has 3 aromatic rings. The molecule has 0 amide bonds. The summed E-state index contributed by atoms with van der Waals surface area (Å²) < 4.78 is 5.12. The van der Waals surface area contributed by atoms with Crippen LogP contribution in [-0.4, -0.2) is 17.0 Å². The van der Waals surface area contributed by atoms with Gasteiger partial charge in [-0.25, -0.2) is 4.98 Å². The standard InChI is InChI=1S/C19H13N3O3S/c1-25-17-8-2-13(3-9-17)10-15(11-20)19-21-18(12-26-19)14-4-6-16(7-5-14)22(23)24/h2-10,12H,1H3. The smallest absolute Gasteiger partial charge is 0.269 e. The predicted molar refractivity (Wildman–Crippen MR) is 101 cm³/mol. The highest BCUT2D eigenvalue weighted by atomic mass is 32.1. The SMILES string of the molecule is COc1ccc(C=C(C#N)c2nc(-c3ccc([N+](=O)[O-])cc3)cs2)cc1. The first-order valence-corrected chi connectivity index (χ1v) is 8.45. The number of allylic oxidation sites excluding steroid dienone is 1. The molecule has 1 aromatic heterocycles. The van der Waals surface area contributed by atoms with Gasteiger partial charge in [0, 0.05) is 23.1 Å². The number of nitrogens with zero attached hydrogens (tertiary/aromatic N) is 3. The van der Waals surface area contributed by atoms with E-state index in [1.165, 1.54) is 23.5 Å². The summed E-state index contributed by atoms with van der Waals surface area (Å²) in [5.41, 5.74) is 2.79. The van der Waals surface area contributed by atoms with Crippen LogP contribution in [0.25, 0.3) is 22.9 Å². The van der Waals surface area contributed by atoms with Crippen molar-refractivity contribution in [1.29, 1.82) is 5.26 Å². The second-order valence-electron chi connectivity index (χ2n) is 5.28. The molecule has 3 rings (SSSR count). The van der Waals surface area contributed by atoms with Gasteiger partial charge in [-0.2, -0.15) is 5.26 Å². The summed E-state index contributed by atoms with van der Waals surface area (Å²) in [6.07, 6.45) is 1.76. The maximum atomic E-state index is 10.7. The fourth-order valence-corrected chi connectivity index (χ4v) is 3.09. The number of nitriles is 1. The van der Waals surface area contributed by atoms with E-state index in [9.17, 15) is 15.4 Å². The van der Waals surface area contributed by atoms with Crippen molar-refractivity contribution >= 4 is 28.7 Å². The number of hydrogen-bond acceptors (Lipinski definition) is 6. The molecule has 0 fully saturated rings. The monoisotopic (exact) mass is 363 g/mol. The summed E-state index contributed by atoms with van der Waals surface area (Å²) in [6.45, 7) is 0. The van der Waals surface area contributed by atoms with Gasteiger partial charge in [0.1, 0.15) is 16.8 Å². The van der Waals surface area contributed by atoms with Gasteiger partial charge in [-0.3, -0.25) is 10.1 Å². The number of non-ortho nitro benzene ring substituents is 1. The molecule has 0 atom stereocenters. The van der Waals surface area contributed by atoms with Crippen LogP contribution in [0.4, 0.5) is 5.69 Å². The van der Waals surface area contributed by atoms with Gasteiger partial charge < -0.3 is 4.74 Å². The Morgan fingerprint density at radius 1 is 1.23 bits per heavy atom. The Balaban J connectivity index is 1.87. The Bertz CT molecular complexity index is 1000. The number of nitro groups is 1. The average Bonchev–Trinajstić information content (AvgIpc) is 3.16. The maximum absolute atomic E-state index is 10.7. The molecule has 1 heterocycles. The van der Waals surface area contributed by atoms with Crippen LogP contribution in [0.3, 0.4) is 0 Å². The van der Waals surface area contributed by atoms with Gasteiger partial charge in [0.15, 0.2) is 0 Å². The molecule has 26 heavy (non-hydrogen) atoms. The minimum Gasteiger partial charge on any atom is -0.497 e. The molecule has 0 aliphatic carbocycles. The lowest BCUT2D eigenvalue weighted by Crippen LogP contribution is -1.87. The van der Waals surface area contributed by atoms with Crippen molar-refractivity contribution in [3.8, 4) is 23.1 Å². The molecule has 128 valence electrons. The lowest BCUT2D eigenvalue weighted by atomic mass is 10.1. The summed E-state index contributed by atoms with van der Waals surface area (Å²) >= 11 is 1.35. The number of benzene rings is 2. The number of ether oxygens (including phenoxy) is 1. The number of hydrogen-bond donors (Lipinski definition) is 0. The lowest BCUT2D eigenvalue weighted by molar-refractivity contribution is -0.384. The first-order chi connectivity index (χ1) is 12.6. The fourth-order valence-electron chi connectivity index (χ4n) is 2.29. The Morgan fingerprint density at radius 3 is 2.50 bits per heavy atom. The van der Waals surface area contributed by atoms with Gasteiger partial charge in [-0.15, -0.1) is 11.3 Å². The van der Waals surface area contributed by atoms with Gasteiger partial charge in [0.2, 0.25) is 0 Å². The third kappa shape index (κ3) is 3.77. The van der Waals surface area contributed by atoms with Crippen LogP contribution in [0.1, 0.15) is 10.6 Å². The zero-order valence-corrected chi connectivity index (χ0v) is 14.6. The van der Waals surface area contributed by atoms with Crippen LogP contribution in [-0.2, 0) is 0 Å². The van der Waals surface area contributed by atoms with Crippen molar-refractivity contribution in [3.05, 3.63) is 74.6 Å². The minimum absolute atomic E-state index is 0.0290. The van der Waals surface area contributed by atoms with Crippen LogP contribution < -0.4 is 4.74 Å². The van der Waals surface area contributed by atoms with Crippen LogP contribution in [0.2, 0.25) is 0 Å². The lowest BCUT2D eigenvalue weighted by Gasteiger charge is -2.00. The third-order valence-electron chi connectivity index (χ3n) is 3.66. The number of methoxy groups -OCH3 is 1. The van der Waals surface area contributed by atoms with E-state index in [4.69, 9.17) is 4.74 Å². The van der Waals surface area contributed by atoms with Gasteiger partial charge in [-0.1, -0.05) is 12.1 Å². The van der Waals surface area contributed by atoms with Gasteiger partial charge in [0.25, 0.3) is 5.69 Å². The van der Waals surface area contributed by atoms with Gasteiger partial charge in [0.05, 0.1) is 23.3 Å². The van der Waals surface area contributed by atoms with Crippen molar-refractivity contribution in [2.75, 3.05) is 7.11 Å². The van der Waals surface area contributed by atoms with Crippen molar-refractivity contribution in [1.82, 2.24) is 4.98 Å². The minimum atomic E-state index is -0.443. The topological polar surface area (TPSA) is 89.0 Å². The Kier molecular flexibility index (Phi) is 5.06. The van der Waals surface area contributed by atoms with Crippen LogP contribution in [0.15, 0.2) is 53.9 Å².